The lowest BCUT2D eigenvalue weighted by molar-refractivity contribution is 0.251. The summed E-state index contributed by atoms with van der Waals surface area (Å²) in [6, 6.07) is 29.0. The minimum absolute atomic E-state index is 0.0476. The molecule has 0 saturated heterocycles. The Labute approximate surface area is 298 Å². The average Bonchev–Trinajstić information content (AvgIpc) is 3.08. The van der Waals surface area contributed by atoms with Gasteiger partial charge in [0, 0.05) is 34.5 Å². The minimum atomic E-state index is -4.06. The molecule has 0 aliphatic heterocycles. The number of hydrogen-bond acceptors (Lipinski definition) is 8. The third kappa shape index (κ3) is 10.4. The summed E-state index contributed by atoms with van der Waals surface area (Å²) < 4.78 is 60.2. The highest BCUT2D eigenvalue weighted by Gasteiger charge is 2.18. The Morgan fingerprint density at radius 1 is 0.520 bits per heavy atom. The van der Waals surface area contributed by atoms with E-state index >= 15 is 0 Å². The van der Waals surface area contributed by atoms with Gasteiger partial charge in [-0.3, -0.25) is 0 Å². The third-order valence-electron chi connectivity index (χ3n) is 6.74. The van der Waals surface area contributed by atoms with Crippen LogP contribution in [0.15, 0.2) is 131 Å². The largest absolute Gasteiger partial charge is 0.379 e. The molecule has 4 amide bonds. The molecule has 12 nitrogen and oxygen atoms in total. The fourth-order valence-electron chi connectivity index (χ4n) is 4.30. The highest BCUT2D eigenvalue weighted by Crippen LogP contribution is 2.23. The van der Waals surface area contributed by atoms with Crippen molar-refractivity contribution >= 4 is 66.9 Å². The van der Waals surface area contributed by atoms with Gasteiger partial charge in [-0.1, -0.05) is 47.5 Å². The highest BCUT2D eigenvalue weighted by molar-refractivity contribution is 7.87. The summed E-state index contributed by atoms with van der Waals surface area (Å²) in [6.45, 7) is 0.378. The molecule has 0 atom stereocenters. The summed E-state index contributed by atoms with van der Waals surface area (Å²) in [4.78, 5) is 24.9. The van der Waals surface area contributed by atoms with Crippen LogP contribution in [0.3, 0.4) is 0 Å². The summed E-state index contributed by atoms with van der Waals surface area (Å²) in [5.74, 6) is 0.132. The van der Waals surface area contributed by atoms with Gasteiger partial charge in [-0.05, 0) is 108 Å². The maximum absolute atomic E-state index is 12.5. The van der Waals surface area contributed by atoms with Gasteiger partial charge in [0.25, 0.3) is 0 Å². The second-order valence-electron chi connectivity index (χ2n) is 10.5. The Kier molecular flexibility index (Phi) is 11.5. The van der Waals surface area contributed by atoms with Crippen molar-refractivity contribution in [3.8, 4) is 11.5 Å². The Bertz CT molecular complexity index is 2030. The molecule has 0 aliphatic rings. The number of rotatable bonds is 12. The van der Waals surface area contributed by atoms with Gasteiger partial charge in [0.1, 0.15) is 21.3 Å². The number of anilines is 2. The predicted octanol–water partition coefficient (Wildman–Crippen LogP) is 7.17. The maximum atomic E-state index is 12.5. The van der Waals surface area contributed by atoms with Crippen LogP contribution in [-0.4, -0.2) is 28.9 Å². The number of urea groups is 2. The van der Waals surface area contributed by atoms with E-state index in [0.717, 1.165) is 11.1 Å². The molecule has 50 heavy (non-hydrogen) atoms. The Morgan fingerprint density at radius 3 is 1.24 bits per heavy atom. The third-order valence-corrected chi connectivity index (χ3v) is 9.77. The number of carbonyl (C=O) groups excluding carboxylic acids is 2. The van der Waals surface area contributed by atoms with Crippen molar-refractivity contribution in [3.63, 3.8) is 0 Å². The lowest BCUT2D eigenvalue weighted by Crippen LogP contribution is -2.29. The monoisotopic (exact) mass is 754 g/mol. The van der Waals surface area contributed by atoms with E-state index in [9.17, 15) is 26.4 Å². The van der Waals surface area contributed by atoms with Crippen LogP contribution in [0.25, 0.3) is 0 Å². The van der Waals surface area contributed by atoms with Crippen LogP contribution in [0.4, 0.5) is 21.0 Å². The molecular formula is C34H28Cl2N4O8S2. The SMILES string of the molecule is O=C(NCc1cccc(CNC(=O)Nc2ccc(OS(=O)(=O)c3ccc(Cl)cc3)cc2)c1)Nc1ccc(OS(=O)(=O)c2ccc(Cl)cc2)cc1. The smallest absolute Gasteiger partial charge is 0.339 e. The first kappa shape index (κ1) is 36.0. The zero-order valence-corrected chi connectivity index (χ0v) is 28.9. The first-order chi connectivity index (χ1) is 23.8. The lowest BCUT2D eigenvalue weighted by Gasteiger charge is -2.11. The molecule has 0 aliphatic carbocycles. The van der Waals surface area contributed by atoms with E-state index in [1.807, 2.05) is 18.2 Å². The number of carbonyl (C=O) groups is 2. The van der Waals surface area contributed by atoms with Gasteiger partial charge in [0.05, 0.1) is 0 Å². The molecule has 258 valence electrons. The molecule has 16 heteroatoms. The molecule has 5 aromatic carbocycles. The van der Waals surface area contributed by atoms with Gasteiger partial charge in [-0.25, -0.2) is 9.59 Å². The fourth-order valence-corrected chi connectivity index (χ4v) is 6.42. The fraction of sp³-hybridized carbons (Fsp3) is 0.0588. The molecule has 0 aromatic heterocycles. The first-order valence-corrected chi connectivity index (χ1v) is 18.2. The number of benzene rings is 5. The normalized spacial score (nSPS) is 11.2. The number of nitrogens with one attached hydrogen (secondary N) is 4. The Morgan fingerprint density at radius 2 is 0.880 bits per heavy atom. The molecule has 4 N–H and O–H groups in total. The van der Waals surface area contributed by atoms with Gasteiger partial charge in [0.2, 0.25) is 0 Å². The van der Waals surface area contributed by atoms with E-state index < -0.39 is 32.3 Å². The van der Waals surface area contributed by atoms with Crippen LogP contribution in [0.5, 0.6) is 11.5 Å². The van der Waals surface area contributed by atoms with Crippen LogP contribution in [0.2, 0.25) is 10.0 Å². The van der Waals surface area contributed by atoms with E-state index in [1.165, 1.54) is 97.1 Å². The van der Waals surface area contributed by atoms with Crippen molar-refractivity contribution in [1.82, 2.24) is 10.6 Å². The maximum Gasteiger partial charge on any atom is 0.339 e. The lowest BCUT2D eigenvalue weighted by atomic mass is 10.1. The zero-order valence-electron chi connectivity index (χ0n) is 25.8. The van der Waals surface area contributed by atoms with Crippen LogP contribution in [0.1, 0.15) is 11.1 Å². The Balaban J connectivity index is 1.05. The molecule has 0 spiro atoms. The predicted molar refractivity (Wildman–Crippen MR) is 190 cm³/mol. The minimum Gasteiger partial charge on any atom is -0.379 e. The van der Waals surface area contributed by atoms with Crippen LogP contribution < -0.4 is 29.6 Å². The summed E-state index contributed by atoms with van der Waals surface area (Å²) >= 11 is 11.6. The molecular weight excluding hydrogens is 727 g/mol. The van der Waals surface area contributed by atoms with Crippen molar-refractivity contribution < 1.29 is 34.8 Å². The molecule has 0 radical (unpaired) electrons. The first-order valence-electron chi connectivity index (χ1n) is 14.6. The second kappa shape index (κ2) is 16.0. The number of amides is 4. The van der Waals surface area contributed by atoms with Crippen molar-refractivity contribution in [2.24, 2.45) is 0 Å². The molecule has 0 bridgehead atoms. The quantitative estimate of drug-likeness (QED) is 0.0972. The zero-order chi connectivity index (χ0) is 35.7. The van der Waals surface area contributed by atoms with Crippen LogP contribution >= 0.6 is 23.2 Å². The van der Waals surface area contributed by atoms with Crippen molar-refractivity contribution in [3.05, 3.63) is 142 Å². The van der Waals surface area contributed by atoms with Crippen LogP contribution in [-0.2, 0) is 33.3 Å². The number of hydrogen-bond donors (Lipinski definition) is 4. The van der Waals surface area contributed by atoms with E-state index in [1.54, 1.807) is 6.07 Å². The Hall–Kier alpha value is -5.28. The average molecular weight is 756 g/mol. The number of halogens is 2. The molecule has 5 rings (SSSR count). The topological polar surface area (TPSA) is 169 Å². The molecule has 0 fully saturated rings. The van der Waals surface area contributed by atoms with Gasteiger partial charge < -0.3 is 29.6 Å². The van der Waals surface area contributed by atoms with E-state index in [-0.39, 0.29) is 34.4 Å². The molecule has 0 saturated carbocycles. The van der Waals surface area contributed by atoms with Gasteiger partial charge in [0.15, 0.2) is 0 Å². The highest BCUT2D eigenvalue weighted by atomic mass is 35.5. The van der Waals surface area contributed by atoms with E-state index in [0.29, 0.717) is 21.4 Å². The summed E-state index contributed by atoms with van der Waals surface area (Å²) in [7, 11) is -8.11. The van der Waals surface area contributed by atoms with Crippen molar-refractivity contribution in [2.45, 2.75) is 22.9 Å². The second-order valence-corrected chi connectivity index (χ2v) is 14.4. The van der Waals surface area contributed by atoms with E-state index in [2.05, 4.69) is 21.3 Å². The van der Waals surface area contributed by atoms with Crippen molar-refractivity contribution in [2.75, 3.05) is 10.6 Å². The van der Waals surface area contributed by atoms with Gasteiger partial charge >= 0.3 is 32.3 Å². The summed E-state index contributed by atoms with van der Waals surface area (Å²) in [5, 5.41) is 11.6. The molecule has 0 heterocycles. The molecule has 0 unspecified atom stereocenters. The standard InChI is InChI=1S/C34H28Cl2N4O8S2/c35-25-4-16-31(17-5-25)49(43,44)47-29-12-8-27(9-13-29)39-33(41)37-21-23-2-1-3-24(20-23)22-38-34(42)40-28-10-14-30(15-11-28)48-50(45,46)32-18-6-26(36)7-19-32/h1-20H,21-22H2,(H2,37,39,41)(H2,38,40,42). The van der Waals surface area contributed by atoms with Crippen LogP contribution in [0, 0.1) is 0 Å². The molecule has 5 aromatic rings. The summed E-state index contributed by atoms with van der Waals surface area (Å²) in [5.41, 5.74) is 2.38. The van der Waals surface area contributed by atoms with Gasteiger partial charge in [-0.15, -0.1) is 0 Å². The van der Waals surface area contributed by atoms with E-state index in [4.69, 9.17) is 31.6 Å². The van der Waals surface area contributed by atoms with Gasteiger partial charge in [-0.2, -0.15) is 16.8 Å². The van der Waals surface area contributed by atoms with Crippen molar-refractivity contribution in [1.29, 1.82) is 0 Å². The summed E-state index contributed by atoms with van der Waals surface area (Å²) in [6.07, 6.45) is 0.